The molecule has 0 bridgehead atoms. The summed E-state index contributed by atoms with van der Waals surface area (Å²) in [4.78, 5) is 0. The molecule has 1 rings (SSSR count). The van der Waals surface area contributed by atoms with Crippen LogP contribution in [0, 0.1) is 0 Å². The van der Waals surface area contributed by atoms with E-state index in [0.717, 1.165) is 28.2 Å². The molecule has 1 aliphatic rings. The van der Waals surface area contributed by atoms with Crippen LogP contribution >= 0.6 is 31.9 Å². The third-order valence-electron chi connectivity index (χ3n) is 2.63. The van der Waals surface area contributed by atoms with Crippen molar-refractivity contribution >= 4 is 37.6 Å². The van der Waals surface area contributed by atoms with E-state index in [1.165, 1.54) is 11.3 Å². The summed E-state index contributed by atoms with van der Waals surface area (Å²) in [5.74, 6) is 0. The van der Waals surface area contributed by atoms with E-state index in [0.29, 0.717) is 0 Å². The minimum Gasteiger partial charge on any atom is -0.286 e. The molecule has 0 amide bonds. The SMILES string of the molecule is C=C/C(Br)=C\C=C\N/N=C1\CC/C(=C/C(Br)=C\C)C1. The lowest BCUT2D eigenvalue weighted by atomic mass is 10.2. The first-order valence-corrected chi connectivity index (χ1v) is 7.71. The summed E-state index contributed by atoms with van der Waals surface area (Å²) in [6, 6.07) is 0. The van der Waals surface area contributed by atoms with Gasteiger partial charge in [-0.05, 0) is 38.0 Å². The van der Waals surface area contributed by atoms with Gasteiger partial charge in [0.15, 0.2) is 0 Å². The second-order valence-corrected chi connectivity index (χ2v) is 5.91. The smallest absolute Gasteiger partial charge is 0.0426 e. The highest BCUT2D eigenvalue weighted by molar-refractivity contribution is 9.12. The predicted molar refractivity (Wildman–Crippen MR) is 91.5 cm³/mol. The average molecular weight is 386 g/mol. The number of hydrogen-bond donors (Lipinski definition) is 1. The number of rotatable bonds is 5. The Bertz CT molecular complexity index is 469. The van der Waals surface area contributed by atoms with Crippen LogP contribution in [0.1, 0.15) is 26.2 Å². The van der Waals surface area contributed by atoms with Crippen LogP contribution in [0.4, 0.5) is 0 Å². The van der Waals surface area contributed by atoms with E-state index < -0.39 is 0 Å². The topological polar surface area (TPSA) is 24.4 Å². The summed E-state index contributed by atoms with van der Waals surface area (Å²) >= 11 is 6.84. The Labute approximate surface area is 132 Å². The number of hydrazone groups is 1. The van der Waals surface area contributed by atoms with Gasteiger partial charge in [0.2, 0.25) is 0 Å². The van der Waals surface area contributed by atoms with Crippen LogP contribution in [0.2, 0.25) is 0 Å². The largest absolute Gasteiger partial charge is 0.286 e. The van der Waals surface area contributed by atoms with Crippen LogP contribution in [0.5, 0.6) is 0 Å². The Morgan fingerprint density at radius 1 is 1.32 bits per heavy atom. The molecule has 0 saturated heterocycles. The summed E-state index contributed by atoms with van der Waals surface area (Å²) in [6.07, 6.45) is 14.6. The molecule has 19 heavy (non-hydrogen) atoms. The summed E-state index contributed by atoms with van der Waals surface area (Å²) in [5, 5.41) is 4.36. The summed E-state index contributed by atoms with van der Waals surface area (Å²) in [5.41, 5.74) is 5.56. The van der Waals surface area contributed by atoms with Gasteiger partial charge in [-0.25, -0.2) is 0 Å². The van der Waals surface area contributed by atoms with Gasteiger partial charge in [-0.1, -0.05) is 56.2 Å². The molecule has 0 atom stereocenters. The Morgan fingerprint density at radius 2 is 2.11 bits per heavy atom. The monoisotopic (exact) mass is 384 g/mol. The average Bonchev–Trinajstić information content (AvgIpc) is 2.85. The van der Waals surface area contributed by atoms with Gasteiger partial charge in [-0.2, -0.15) is 5.10 Å². The molecule has 0 aliphatic heterocycles. The van der Waals surface area contributed by atoms with Crippen LogP contribution in [0.25, 0.3) is 0 Å². The minimum atomic E-state index is 0.945. The first kappa shape index (κ1) is 16.2. The normalized spacial score (nSPS) is 21.6. The first-order chi connectivity index (χ1) is 9.15. The zero-order valence-corrected chi connectivity index (χ0v) is 14.2. The summed E-state index contributed by atoms with van der Waals surface area (Å²) < 4.78 is 2.08. The molecule has 102 valence electrons. The Balaban J connectivity index is 2.45. The van der Waals surface area contributed by atoms with E-state index in [2.05, 4.69) is 55.0 Å². The number of nitrogens with one attached hydrogen (secondary N) is 1. The molecule has 0 unspecified atom stereocenters. The molecule has 2 nitrogen and oxygen atoms in total. The predicted octanol–water partition coefficient (Wildman–Crippen LogP) is 5.32. The molecular formula is C15H18Br2N2. The molecule has 1 aliphatic carbocycles. The van der Waals surface area contributed by atoms with Gasteiger partial charge in [0.1, 0.15) is 0 Å². The third kappa shape index (κ3) is 6.73. The molecule has 1 fully saturated rings. The molecule has 1 N–H and O–H groups in total. The zero-order valence-electron chi connectivity index (χ0n) is 11.0. The fraction of sp³-hybridized carbons (Fsp3) is 0.267. The molecule has 4 heteroatoms. The van der Waals surface area contributed by atoms with E-state index in [9.17, 15) is 0 Å². The second-order valence-electron chi connectivity index (χ2n) is 4.07. The third-order valence-corrected chi connectivity index (χ3v) is 3.90. The molecule has 0 radical (unpaired) electrons. The van der Waals surface area contributed by atoms with Crippen molar-refractivity contribution in [2.45, 2.75) is 26.2 Å². The Morgan fingerprint density at radius 3 is 2.79 bits per heavy atom. The number of halogens is 2. The van der Waals surface area contributed by atoms with Crippen molar-refractivity contribution in [3.05, 3.63) is 57.7 Å². The molecule has 1 saturated carbocycles. The lowest BCUT2D eigenvalue weighted by Gasteiger charge is -1.95. The highest BCUT2D eigenvalue weighted by atomic mass is 79.9. The van der Waals surface area contributed by atoms with Gasteiger partial charge in [-0.15, -0.1) is 0 Å². The van der Waals surface area contributed by atoms with Gasteiger partial charge < -0.3 is 0 Å². The van der Waals surface area contributed by atoms with Crippen molar-refractivity contribution in [3.63, 3.8) is 0 Å². The minimum absolute atomic E-state index is 0.945. The maximum absolute atomic E-state index is 4.36. The highest BCUT2D eigenvalue weighted by Crippen LogP contribution is 2.24. The van der Waals surface area contributed by atoms with Gasteiger partial charge in [0.05, 0.1) is 0 Å². The van der Waals surface area contributed by atoms with Crippen LogP contribution in [0.3, 0.4) is 0 Å². The van der Waals surface area contributed by atoms with Crippen molar-refractivity contribution in [2.75, 3.05) is 0 Å². The lowest BCUT2D eigenvalue weighted by Crippen LogP contribution is -1.99. The zero-order chi connectivity index (χ0) is 14.1. The fourth-order valence-corrected chi connectivity index (χ4v) is 2.10. The fourth-order valence-electron chi connectivity index (χ4n) is 1.62. The standard InChI is InChI=1S/C15H18Br2N2/c1-3-13(16)6-5-9-18-19-15-8-7-12(11-15)10-14(17)4-2/h3-6,9-10,18H,1,7-8,11H2,2H3/b9-5+,12-10-,13-6+,14-4+,19-15+. The molecule has 0 spiro atoms. The van der Waals surface area contributed by atoms with E-state index >= 15 is 0 Å². The van der Waals surface area contributed by atoms with Gasteiger partial charge in [-0.3, -0.25) is 5.43 Å². The summed E-state index contributed by atoms with van der Waals surface area (Å²) in [6.45, 7) is 5.67. The van der Waals surface area contributed by atoms with Crippen LogP contribution in [-0.4, -0.2) is 5.71 Å². The Hall–Kier alpha value is -0.870. The molecule has 0 aromatic rings. The van der Waals surface area contributed by atoms with Crippen LogP contribution in [0.15, 0.2) is 62.8 Å². The number of nitrogens with zero attached hydrogens (tertiary/aromatic N) is 1. The van der Waals surface area contributed by atoms with Gasteiger partial charge in [0, 0.05) is 27.3 Å². The van der Waals surface area contributed by atoms with Crippen molar-refractivity contribution in [1.82, 2.24) is 5.43 Å². The van der Waals surface area contributed by atoms with Crippen molar-refractivity contribution < 1.29 is 0 Å². The maximum atomic E-state index is 4.36. The second kappa shape index (κ2) is 9.10. The number of allylic oxidation sites excluding steroid dienone is 8. The van der Waals surface area contributed by atoms with Gasteiger partial charge in [0.25, 0.3) is 0 Å². The first-order valence-electron chi connectivity index (χ1n) is 6.12. The van der Waals surface area contributed by atoms with Gasteiger partial charge >= 0.3 is 0 Å². The van der Waals surface area contributed by atoms with E-state index in [-0.39, 0.29) is 0 Å². The molecular weight excluding hydrogens is 368 g/mol. The van der Waals surface area contributed by atoms with Crippen molar-refractivity contribution in [1.29, 1.82) is 0 Å². The summed E-state index contributed by atoms with van der Waals surface area (Å²) in [7, 11) is 0. The van der Waals surface area contributed by atoms with Crippen LogP contribution < -0.4 is 5.43 Å². The van der Waals surface area contributed by atoms with E-state index in [4.69, 9.17) is 0 Å². The van der Waals surface area contributed by atoms with E-state index in [1.807, 2.05) is 25.2 Å². The van der Waals surface area contributed by atoms with Crippen molar-refractivity contribution in [3.8, 4) is 0 Å². The highest BCUT2D eigenvalue weighted by Gasteiger charge is 2.13. The van der Waals surface area contributed by atoms with Crippen LogP contribution in [-0.2, 0) is 0 Å². The van der Waals surface area contributed by atoms with Crippen molar-refractivity contribution in [2.24, 2.45) is 5.10 Å². The quantitative estimate of drug-likeness (QED) is 0.502. The van der Waals surface area contributed by atoms with E-state index in [1.54, 1.807) is 12.3 Å². The molecule has 0 aromatic carbocycles. The molecule has 0 heterocycles. The maximum Gasteiger partial charge on any atom is 0.0426 e. The number of hydrogen-bond acceptors (Lipinski definition) is 2. The molecule has 0 aromatic heterocycles. The Kier molecular flexibility index (Phi) is 7.75. The lowest BCUT2D eigenvalue weighted by molar-refractivity contribution is 0.951.